The van der Waals surface area contributed by atoms with E-state index in [1.54, 1.807) is 18.2 Å². The zero-order valence-electron chi connectivity index (χ0n) is 14.5. The fourth-order valence-electron chi connectivity index (χ4n) is 4.28. The molecular formula is C21H18O5. The fraction of sp³-hybridized carbons (Fsp3) is 0.286. The van der Waals surface area contributed by atoms with E-state index < -0.39 is 11.6 Å². The van der Waals surface area contributed by atoms with Gasteiger partial charge in [0, 0.05) is 28.2 Å². The van der Waals surface area contributed by atoms with Crippen LogP contribution in [0.3, 0.4) is 0 Å². The molecule has 0 aromatic heterocycles. The van der Waals surface area contributed by atoms with Crippen LogP contribution in [0.25, 0.3) is 0 Å². The number of carbonyl (C=O) groups excluding carboxylic acids is 3. The van der Waals surface area contributed by atoms with Gasteiger partial charge in [-0.15, -0.1) is 0 Å². The number of carbonyl (C=O) groups is 3. The molecule has 2 N–H and O–H groups in total. The molecule has 0 bridgehead atoms. The molecule has 5 heteroatoms. The van der Waals surface area contributed by atoms with Crippen LogP contribution in [0.5, 0.6) is 11.5 Å². The van der Waals surface area contributed by atoms with Gasteiger partial charge in [0.05, 0.1) is 11.1 Å². The third-order valence-corrected chi connectivity index (χ3v) is 5.69. The van der Waals surface area contributed by atoms with Gasteiger partial charge < -0.3 is 10.2 Å². The van der Waals surface area contributed by atoms with E-state index in [1.165, 1.54) is 13.0 Å². The van der Waals surface area contributed by atoms with Crippen molar-refractivity contribution < 1.29 is 24.6 Å². The molecular weight excluding hydrogens is 332 g/mol. The lowest BCUT2D eigenvalue weighted by Gasteiger charge is -2.32. The summed E-state index contributed by atoms with van der Waals surface area (Å²) in [6.45, 7) is 3.42. The number of hydrogen-bond donors (Lipinski definition) is 2. The first-order valence-corrected chi connectivity index (χ1v) is 8.61. The fourth-order valence-corrected chi connectivity index (χ4v) is 4.28. The van der Waals surface area contributed by atoms with Crippen LogP contribution in [0, 0.1) is 11.8 Å². The molecule has 0 spiro atoms. The van der Waals surface area contributed by atoms with Gasteiger partial charge >= 0.3 is 0 Å². The van der Waals surface area contributed by atoms with Gasteiger partial charge in [-0.3, -0.25) is 14.4 Å². The number of fused-ring (bicyclic) bond motifs is 3. The molecule has 2 atom stereocenters. The summed E-state index contributed by atoms with van der Waals surface area (Å²) < 4.78 is 0. The van der Waals surface area contributed by atoms with Gasteiger partial charge in [-0.25, -0.2) is 0 Å². The molecule has 4 rings (SSSR count). The number of ketones is 3. The monoisotopic (exact) mass is 350 g/mol. The van der Waals surface area contributed by atoms with Crippen LogP contribution in [0.4, 0.5) is 0 Å². The largest absolute Gasteiger partial charge is 0.507 e. The van der Waals surface area contributed by atoms with Crippen molar-refractivity contribution >= 4 is 17.3 Å². The van der Waals surface area contributed by atoms with Crippen LogP contribution in [0.1, 0.15) is 56.8 Å². The van der Waals surface area contributed by atoms with Gasteiger partial charge in [0.15, 0.2) is 11.6 Å². The molecule has 0 heterocycles. The number of hydrogen-bond acceptors (Lipinski definition) is 5. The first-order chi connectivity index (χ1) is 12.3. The van der Waals surface area contributed by atoms with E-state index >= 15 is 0 Å². The maximum absolute atomic E-state index is 12.9. The number of rotatable bonds is 1. The minimum atomic E-state index is -0.483. The summed E-state index contributed by atoms with van der Waals surface area (Å²) in [7, 11) is 0. The number of aromatic hydroxyl groups is 2. The lowest BCUT2D eigenvalue weighted by atomic mass is 9.71. The van der Waals surface area contributed by atoms with E-state index in [-0.39, 0.29) is 57.8 Å². The summed E-state index contributed by atoms with van der Waals surface area (Å²) in [6.07, 6.45) is 0.622. The van der Waals surface area contributed by atoms with Crippen LogP contribution in [0.2, 0.25) is 0 Å². The molecule has 2 aliphatic rings. The summed E-state index contributed by atoms with van der Waals surface area (Å²) in [6, 6.07) is 6.39. The van der Waals surface area contributed by atoms with E-state index in [4.69, 9.17) is 0 Å². The predicted octanol–water partition coefficient (Wildman–Crippen LogP) is 2.81. The second-order valence-electron chi connectivity index (χ2n) is 7.21. The summed E-state index contributed by atoms with van der Waals surface area (Å²) in [5.74, 6) is -1.77. The molecule has 132 valence electrons. The predicted molar refractivity (Wildman–Crippen MR) is 93.8 cm³/mol. The van der Waals surface area contributed by atoms with Crippen LogP contribution in [0.15, 0.2) is 24.3 Å². The normalized spacial score (nSPS) is 21.0. The minimum absolute atomic E-state index is 0.00695. The lowest BCUT2D eigenvalue weighted by molar-refractivity contribution is -0.122. The molecule has 0 saturated heterocycles. The van der Waals surface area contributed by atoms with Crippen LogP contribution < -0.4 is 0 Å². The van der Waals surface area contributed by atoms with Crippen molar-refractivity contribution in [2.75, 3.05) is 0 Å². The van der Waals surface area contributed by atoms with Crippen molar-refractivity contribution in [3.05, 3.63) is 57.6 Å². The van der Waals surface area contributed by atoms with Crippen LogP contribution >= 0.6 is 0 Å². The molecule has 26 heavy (non-hydrogen) atoms. The molecule has 1 unspecified atom stereocenters. The van der Waals surface area contributed by atoms with Gasteiger partial charge in [0.2, 0.25) is 0 Å². The topological polar surface area (TPSA) is 91.7 Å². The molecule has 0 saturated carbocycles. The van der Waals surface area contributed by atoms with E-state index in [1.807, 2.05) is 6.92 Å². The number of phenols is 2. The van der Waals surface area contributed by atoms with Gasteiger partial charge in [0.1, 0.15) is 17.3 Å². The Bertz CT molecular complexity index is 1000. The highest BCUT2D eigenvalue weighted by atomic mass is 16.3. The summed E-state index contributed by atoms with van der Waals surface area (Å²) in [4.78, 5) is 37.7. The van der Waals surface area contributed by atoms with Crippen molar-refractivity contribution in [1.82, 2.24) is 0 Å². The maximum Gasteiger partial charge on any atom is 0.198 e. The van der Waals surface area contributed by atoms with Crippen molar-refractivity contribution in [3.8, 4) is 11.5 Å². The lowest BCUT2D eigenvalue weighted by Crippen LogP contribution is -2.30. The zero-order valence-corrected chi connectivity index (χ0v) is 14.5. The smallest absolute Gasteiger partial charge is 0.198 e. The molecule has 5 nitrogen and oxygen atoms in total. The van der Waals surface area contributed by atoms with Crippen LogP contribution in [-0.4, -0.2) is 27.6 Å². The van der Waals surface area contributed by atoms with Gasteiger partial charge in [0.25, 0.3) is 0 Å². The molecule has 2 aliphatic carbocycles. The van der Waals surface area contributed by atoms with E-state index in [9.17, 15) is 24.6 Å². The maximum atomic E-state index is 12.9. The van der Waals surface area contributed by atoms with E-state index in [2.05, 4.69) is 0 Å². The molecule has 0 amide bonds. The highest BCUT2D eigenvalue weighted by molar-refractivity contribution is 6.30. The SMILES string of the molecule is CC(=O)[C@@H]1Cc2c(O)c3c(c(O)c2CC1C)C(=O)c1ccccc1C3=O. The second kappa shape index (κ2) is 5.53. The third kappa shape index (κ3) is 2.06. The Hall–Kier alpha value is -2.95. The number of Topliss-reactive ketones (excluding diaryl/α,β-unsaturated/α-hetero) is 1. The minimum Gasteiger partial charge on any atom is -0.507 e. The zero-order chi connectivity index (χ0) is 18.7. The Morgan fingerprint density at radius 2 is 1.38 bits per heavy atom. The van der Waals surface area contributed by atoms with E-state index in [0.29, 0.717) is 17.5 Å². The Balaban J connectivity index is 1.99. The van der Waals surface area contributed by atoms with Crippen LogP contribution in [-0.2, 0) is 17.6 Å². The Kier molecular flexibility index (Phi) is 3.51. The summed E-state index contributed by atoms with van der Waals surface area (Å²) >= 11 is 0. The van der Waals surface area contributed by atoms with Gasteiger partial charge in [-0.1, -0.05) is 31.2 Å². The van der Waals surface area contributed by atoms with Crippen molar-refractivity contribution in [3.63, 3.8) is 0 Å². The molecule has 0 aliphatic heterocycles. The second-order valence-corrected chi connectivity index (χ2v) is 7.21. The average molecular weight is 350 g/mol. The number of phenolic OH excluding ortho intramolecular Hbond substituents is 2. The summed E-state index contributed by atoms with van der Waals surface area (Å²) in [5, 5.41) is 21.6. The molecule has 0 radical (unpaired) electrons. The third-order valence-electron chi connectivity index (χ3n) is 5.69. The first-order valence-electron chi connectivity index (χ1n) is 8.61. The Morgan fingerprint density at radius 3 is 1.85 bits per heavy atom. The first kappa shape index (κ1) is 16.5. The standard InChI is InChI=1S/C21H18O5/c1-9-7-14-15(8-13(9)10(2)22)21(26)17-16(20(14)25)18(23)11-5-3-4-6-12(11)19(17)24/h3-6,9,13,25-26H,7-8H2,1-2H3/t9?,13-/m1/s1. The molecule has 0 fully saturated rings. The molecule has 2 aromatic carbocycles. The molecule has 2 aromatic rings. The average Bonchev–Trinajstić information content (AvgIpc) is 2.62. The Morgan fingerprint density at radius 1 is 0.923 bits per heavy atom. The summed E-state index contributed by atoms with van der Waals surface area (Å²) in [5.41, 5.74) is 1.03. The highest BCUT2D eigenvalue weighted by Crippen LogP contribution is 2.47. The van der Waals surface area contributed by atoms with E-state index in [0.717, 1.165) is 0 Å². The Labute approximate surface area is 150 Å². The van der Waals surface area contributed by atoms with Crippen molar-refractivity contribution in [2.24, 2.45) is 11.8 Å². The van der Waals surface area contributed by atoms with Gasteiger partial charge in [-0.05, 0) is 25.7 Å². The van der Waals surface area contributed by atoms with Crippen molar-refractivity contribution in [1.29, 1.82) is 0 Å². The quantitative estimate of drug-likeness (QED) is 0.659. The highest BCUT2D eigenvalue weighted by Gasteiger charge is 2.40. The number of benzene rings is 2. The van der Waals surface area contributed by atoms with Gasteiger partial charge in [-0.2, -0.15) is 0 Å². The van der Waals surface area contributed by atoms with Crippen molar-refractivity contribution in [2.45, 2.75) is 26.7 Å².